The summed E-state index contributed by atoms with van der Waals surface area (Å²) >= 11 is 0. The Kier molecular flexibility index (Phi) is 8.18. The molecule has 30 heavy (non-hydrogen) atoms. The molecule has 0 bridgehead atoms. The number of fused-ring (bicyclic) bond motifs is 1. The number of hydrogen-bond acceptors (Lipinski definition) is 6. The fourth-order valence-corrected chi connectivity index (χ4v) is 4.43. The van der Waals surface area contributed by atoms with Crippen LogP contribution in [0.4, 0.5) is 5.82 Å². The van der Waals surface area contributed by atoms with Crippen LogP contribution in [0.5, 0.6) is 0 Å². The lowest BCUT2D eigenvalue weighted by molar-refractivity contribution is -0.135. The molecule has 1 amide bonds. The zero-order chi connectivity index (χ0) is 22.4. The van der Waals surface area contributed by atoms with Gasteiger partial charge in [-0.05, 0) is 56.8 Å². The van der Waals surface area contributed by atoms with Crippen molar-refractivity contribution in [3.63, 3.8) is 0 Å². The van der Waals surface area contributed by atoms with Gasteiger partial charge in [0.15, 0.2) is 0 Å². The highest BCUT2D eigenvalue weighted by atomic mass is 16.3. The molecular formula is C22H33N5O3. The van der Waals surface area contributed by atoms with Gasteiger partial charge in [-0.3, -0.25) is 9.59 Å². The predicted octanol–water partition coefficient (Wildman–Crippen LogP) is 2.36. The lowest BCUT2D eigenvalue weighted by Gasteiger charge is -2.38. The SMILES string of the molecule is CC(C)C(=O)N1CCc2nc(N)c(C#N)c(C3CCN(C(C)C)CC3)c2C1.O=CO. The van der Waals surface area contributed by atoms with Gasteiger partial charge < -0.3 is 20.6 Å². The molecule has 0 saturated carbocycles. The van der Waals surface area contributed by atoms with Gasteiger partial charge >= 0.3 is 0 Å². The molecule has 8 nitrogen and oxygen atoms in total. The number of carbonyl (C=O) groups excluding carboxylic acids is 1. The summed E-state index contributed by atoms with van der Waals surface area (Å²) in [5.41, 5.74) is 9.79. The number of rotatable bonds is 3. The minimum Gasteiger partial charge on any atom is -0.483 e. The first-order valence-electron chi connectivity index (χ1n) is 10.6. The number of carboxylic acid groups (broad SMARTS) is 1. The van der Waals surface area contributed by atoms with Crippen LogP contribution in [0.1, 0.15) is 68.8 Å². The van der Waals surface area contributed by atoms with E-state index in [0.717, 1.165) is 42.8 Å². The van der Waals surface area contributed by atoms with Gasteiger partial charge in [0.05, 0.1) is 5.56 Å². The van der Waals surface area contributed by atoms with E-state index in [0.29, 0.717) is 42.9 Å². The molecule has 0 aliphatic carbocycles. The second-order valence-corrected chi connectivity index (χ2v) is 8.50. The van der Waals surface area contributed by atoms with Crippen LogP contribution in [0.15, 0.2) is 0 Å². The number of nitrogens with two attached hydrogens (primary N) is 1. The first-order valence-corrected chi connectivity index (χ1v) is 10.6. The molecule has 0 aromatic carbocycles. The summed E-state index contributed by atoms with van der Waals surface area (Å²) in [5, 5.41) is 16.7. The Labute approximate surface area is 178 Å². The van der Waals surface area contributed by atoms with Crippen molar-refractivity contribution in [1.82, 2.24) is 14.8 Å². The normalized spacial score (nSPS) is 17.2. The van der Waals surface area contributed by atoms with Crippen molar-refractivity contribution in [3.8, 4) is 6.07 Å². The first-order chi connectivity index (χ1) is 14.2. The fourth-order valence-electron chi connectivity index (χ4n) is 4.43. The molecule has 2 aliphatic rings. The number of likely N-dealkylation sites (tertiary alicyclic amines) is 1. The van der Waals surface area contributed by atoms with Gasteiger partial charge in [0, 0.05) is 37.2 Å². The van der Waals surface area contributed by atoms with E-state index in [1.807, 2.05) is 18.7 Å². The van der Waals surface area contributed by atoms with Gasteiger partial charge in [0.1, 0.15) is 11.9 Å². The third kappa shape index (κ3) is 5.08. The largest absolute Gasteiger partial charge is 0.483 e. The van der Waals surface area contributed by atoms with Crippen molar-refractivity contribution in [2.75, 3.05) is 25.4 Å². The molecule has 3 rings (SSSR count). The molecule has 1 fully saturated rings. The number of nitriles is 1. The minimum absolute atomic E-state index is 0.0264. The summed E-state index contributed by atoms with van der Waals surface area (Å²) in [4.78, 5) is 29.8. The summed E-state index contributed by atoms with van der Waals surface area (Å²) in [7, 11) is 0. The Balaban J connectivity index is 0.00000101. The highest BCUT2D eigenvalue weighted by Gasteiger charge is 2.32. The van der Waals surface area contributed by atoms with Crippen LogP contribution < -0.4 is 5.73 Å². The quantitative estimate of drug-likeness (QED) is 0.726. The first kappa shape index (κ1) is 23.6. The lowest BCUT2D eigenvalue weighted by atomic mass is 9.81. The number of nitrogen functional groups attached to an aromatic ring is 1. The van der Waals surface area contributed by atoms with Crippen LogP contribution >= 0.6 is 0 Å². The van der Waals surface area contributed by atoms with E-state index in [9.17, 15) is 10.1 Å². The highest BCUT2D eigenvalue weighted by Crippen LogP contribution is 2.38. The topological polar surface area (TPSA) is 124 Å². The van der Waals surface area contributed by atoms with Crippen LogP contribution in [0.3, 0.4) is 0 Å². The maximum absolute atomic E-state index is 12.5. The number of piperidine rings is 1. The number of aromatic nitrogens is 1. The van der Waals surface area contributed by atoms with E-state index in [4.69, 9.17) is 15.6 Å². The Morgan fingerprint density at radius 3 is 2.37 bits per heavy atom. The number of anilines is 1. The maximum Gasteiger partial charge on any atom is 0.290 e. The van der Waals surface area contributed by atoms with Gasteiger partial charge in [-0.2, -0.15) is 5.26 Å². The van der Waals surface area contributed by atoms with Gasteiger partial charge in [-0.25, -0.2) is 4.98 Å². The van der Waals surface area contributed by atoms with Gasteiger partial charge in [0.25, 0.3) is 6.47 Å². The van der Waals surface area contributed by atoms with E-state index in [1.165, 1.54) is 0 Å². The van der Waals surface area contributed by atoms with Gasteiger partial charge in [-0.15, -0.1) is 0 Å². The number of amides is 1. The Bertz CT molecular complexity index is 808. The van der Waals surface area contributed by atoms with Crippen molar-refractivity contribution in [3.05, 3.63) is 22.4 Å². The fraction of sp³-hybridized carbons (Fsp3) is 0.636. The summed E-state index contributed by atoms with van der Waals surface area (Å²) in [6.45, 7) is 11.3. The zero-order valence-corrected chi connectivity index (χ0v) is 18.4. The molecule has 0 unspecified atom stereocenters. The van der Waals surface area contributed by atoms with E-state index in [-0.39, 0.29) is 18.3 Å². The minimum atomic E-state index is -0.250. The monoisotopic (exact) mass is 415 g/mol. The third-order valence-electron chi connectivity index (χ3n) is 6.01. The van der Waals surface area contributed by atoms with Crippen molar-refractivity contribution >= 4 is 18.2 Å². The lowest BCUT2D eigenvalue weighted by Crippen LogP contribution is -2.41. The van der Waals surface area contributed by atoms with Crippen molar-refractivity contribution in [1.29, 1.82) is 5.26 Å². The summed E-state index contributed by atoms with van der Waals surface area (Å²) in [6, 6.07) is 2.85. The molecule has 1 aromatic heterocycles. The van der Waals surface area contributed by atoms with Crippen molar-refractivity contribution in [2.24, 2.45) is 5.92 Å². The summed E-state index contributed by atoms with van der Waals surface area (Å²) < 4.78 is 0. The molecule has 3 N–H and O–H groups in total. The molecule has 1 saturated heterocycles. The number of pyridine rings is 1. The van der Waals surface area contributed by atoms with E-state index < -0.39 is 0 Å². The van der Waals surface area contributed by atoms with Crippen LogP contribution in [0, 0.1) is 17.2 Å². The predicted molar refractivity (Wildman–Crippen MR) is 115 cm³/mol. The average Bonchev–Trinajstić information content (AvgIpc) is 2.72. The Morgan fingerprint density at radius 1 is 1.27 bits per heavy atom. The molecule has 0 atom stereocenters. The van der Waals surface area contributed by atoms with E-state index >= 15 is 0 Å². The molecule has 3 heterocycles. The third-order valence-corrected chi connectivity index (χ3v) is 6.01. The smallest absolute Gasteiger partial charge is 0.290 e. The van der Waals surface area contributed by atoms with Crippen LogP contribution in [-0.2, 0) is 22.6 Å². The van der Waals surface area contributed by atoms with Gasteiger partial charge in [0.2, 0.25) is 5.91 Å². The zero-order valence-electron chi connectivity index (χ0n) is 18.4. The highest BCUT2D eigenvalue weighted by molar-refractivity contribution is 5.78. The molecule has 0 spiro atoms. The van der Waals surface area contributed by atoms with E-state index in [1.54, 1.807) is 0 Å². The van der Waals surface area contributed by atoms with Crippen LogP contribution in [0.2, 0.25) is 0 Å². The Morgan fingerprint density at radius 2 is 1.87 bits per heavy atom. The molecule has 1 aromatic rings. The summed E-state index contributed by atoms with van der Waals surface area (Å²) in [6.07, 6.45) is 2.74. The number of nitrogens with zero attached hydrogens (tertiary/aromatic N) is 4. The average molecular weight is 416 g/mol. The van der Waals surface area contributed by atoms with Crippen LogP contribution in [-0.4, -0.2) is 57.9 Å². The van der Waals surface area contributed by atoms with Crippen LogP contribution in [0.25, 0.3) is 0 Å². The van der Waals surface area contributed by atoms with Crippen molar-refractivity contribution in [2.45, 2.75) is 65.5 Å². The molecular weight excluding hydrogens is 382 g/mol. The standard InChI is InChI=1S/C21H31N5O.CH2O2/c1-13(2)21(27)26-10-7-18-17(12-26)19(16(11-22)20(23)24-18)15-5-8-25(9-6-15)14(3)4;2-1-3/h13-15H,5-10,12H2,1-4H3,(H2,23,24);1H,(H,2,3). The molecule has 0 radical (unpaired) electrons. The number of carbonyl (C=O) groups is 2. The second kappa shape index (κ2) is 10.4. The molecule has 164 valence electrons. The van der Waals surface area contributed by atoms with E-state index in [2.05, 4.69) is 29.8 Å². The Hall–Kier alpha value is -2.66. The maximum atomic E-state index is 12.5. The number of hydrogen-bond donors (Lipinski definition) is 2. The molecule has 8 heteroatoms. The summed E-state index contributed by atoms with van der Waals surface area (Å²) in [5.74, 6) is 0.794. The van der Waals surface area contributed by atoms with Gasteiger partial charge in [-0.1, -0.05) is 13.8 Å². The molecule has 2 aliphatic heterocycles. The second-order valence-electron chi connectivity index (χ2n) is 8.50. The van der Waals surface area contributed by atoms with Crippen molar-refractivity contribution < 1.29 is 14.7 Å².